The maximum atomic E-state index is 12.0. The quantitative estimate of drug-likeness (QED) is 0.742. The van der Waals surface area contributed by atoms with E-state index in [1.54, 1.807) is 13.0 Å². The Morgan fingerprint density at radius 2 is 2.12 bits per heavy atom. The van der Waals surface area contributed by atoms with Crippen LogP contribution in [0.4, 0.5) is 8.78 Å². The molecule has 0 fully saturated rings. The van der Waals surface area contributed by atoms with Crippen molar-refractivity contribution in [2.75, 3.05) is 6.54 Å². The summed E-state index contributed by atoms with van der Waals surface area (Å²) in [6.45, 7) is 1.16. The van der Waals surface area contributed by atoms with E-state index in [4.69, 9.17) is 5.11 Å². The third-order valence-corrected chi connectivity index (χ3v) is 2.16. The van der Waals surface area contributed by atoms with Gasteiger partial charge in [-0.2, -0.15) is 0 Å². The van der Waals surface area contributed by atoms with Gasteiger partial charge in [-0.1, -0.05) is 11.6 Å². The van der Waals surface area contributed by atoms with Gasteiger partial charge >= 0.3 is 0 Å². The first-order valence-electron chi connectivity index (χ1n) is 4.96. The molecule has 3 N–H and O–H groups in total. The standard InChI is InChI=1S/C11H13F2NO3/c1-6-2-3-8(15)7(4-6)11(17)14-5-9(16)10(12)13/h2-4,9-10,15-16H,5H2,1H3,(H,14,17). The van der Waals surface area contributed by atoms with Crippen molar-refractivity contribution in [3.8, 4) is 5.75 Å². The van der Waals surface area contributed by atoms with E-state index in [2.05, 4.69) is 5.32 Å². The molecule has 17 heavy (non-hydrogen) atoms. The van der Waals surface area contributed by atoms with Crippen molar-refractivity contribution in [1.82, 2.24) is 5.32 Å². The van der Waals surface area contributed by atoms with E-state index in [0.717, 1.165) is 5.56 Å². The summed E-state index contributed by atoms with van der Waals surface area (Å²) in [5, 5.41) is 20.3. The van der Waals surface area contributed by atoms with Crippen molar-refractivity contribution >= 4 is 5.91 Å². The average Bonchev–Trinajstić information content (AvgIpc) is 2.28. The first-order valence-corrected chi connectivity index (χ1v) is 4.96. The second-order valence-corrected chi connectivity index (χ2v) is 3.63. The fourth-order valence-electron chi connectivity index (χ4n) is 1.21. The van der Waals surface area contributed by atoms with Crippen LogP contribution in [0.15, 0.2) is 18.2 Å². The van der Waals surface area contributed by atoms with Crippen LogP contribution in [0.25, 0.3) is 0 Å². The average molecular weight is 245 g/mol. The maximum absolute atomic E-state index is 12.0. The van der Waals surface area contributed by atoms with Gasteiger partial charge < -0.3 is 15.5 Å². The Hall–Kier alpha value is -1.69. The van der Waals surface area contributed by atoms with Gasteiger partial charge in [0.15, 0.2) is 0 Å². The summed E-state index contributed by atoms with van der Waals surface area (Å²) in [6.07, 6.45) is -4.83. The zero-order valence-corrected chi connectivity index (χ0v) is 9.15. The summed E-state index contributed by atoms with van der Waals surface area (Å²) >= 11 is 0. The zero-order valence-electron chi connectivity index (χ0n) is 9.15. The first kappa shape index (κ1) is 13.4. The molecule has 94 valence electrons. The van der Waals surface area contributed by atoms with Gasteiger partial charge in [0.1, 0.15) is 11.9 Å². The van der Waals surface area contributed by atoms with Gasteiger partial charge in [0, 0.05) is 6.54 Å². The van der Waals surface area contributed by atoms with Crippen LogP contribution in [0, 0.1) is 6.92 Å². The van der Waals surface area contributed by atoms with Crippen LogP contribution in [0.3, 0.4) is 0 Å². The van der Waals surface area contributed by atoms with Crippen LogP contribution in [0.1, 0.15) is 15.9 Å². The number of aliphatic hydroxyl groups excluding tert-OH is 1. The fourth-order valence-corrected chi connectivity index (χ4v) is 1.21. The van der Waals surface area contributed by atoms with Crippen LogP contribution in [-0.4, -0.2) is 35.2 Å². The predicted molar refractivity (Wildman–Crippen MR) is 57.2 cm³/mol. The second kappa shape index (κ2) is 5.58. The molecule has 0 aromatic heterocycles. The molecule has 0 aliphatic rings. The largest absolute Gasteiger partial charge is 0.507 e. The topological polar surface area (TPSA) is 69.6 Å². The molecule has 0 saturated carbocycles. The second-order valence-electron chi connectivity index (χ2n) is 3.63. The number of alkyl halides is 2. The number of hydrogen-bond donors (Lipinski definition) is 3. The number of hydrogen-bond acceptors (Lipinski definition) is 3. The lowest BCUT2D eigenvalue weighted by Crippen LogP contribution is -2.35. The molecule has 1 unspecified atom stereocenters. The fraction of sp³-hybridized carbons (Fsp3) is 0.364. The molecule has 0 saturated heterocycles. The number of aryl methyl sites for hydroxylation is 1. The molecule has 6 heteroatoms. The van der Waals surface area contributed by atoms with Gasteiger partial charge in [0.25, 0.3) is 12.3 Å². The summed E-state index contributed by atoms with van der Waals surface area (Å²) in [7, 11) is 0. The minimum absolute atomic E-state index is 0.00790. The summed E-state index contributed by atoms with van der Waals surface area (Å²) < 4.78 is 23.9. The molecule has 0 heterocycles. The van der Waals surface area contributed by atoms with E-state index >= 15 is 0 Å². The molecular weight excluding hydrogens is 232 g/mol. The third kappa shape index (κ3) is 3.67. The Morgan fingerprint density at radius 3 is 2.71 bits per heavy atom. The SMILES string of the molecule is Cc1ccc(O)c(C(=O)NCC(O)C(F)F)c1. The lowest BCUT2D eigenvalue weighted by molar-refractivity contribution is -0.00271. The van der Waals surface area contributed by atoms with Gasteiger partial charge in [-0.05, 0) is 19.1 Å². The number of aliphatic hydroxyl groups is 1. The highest BCUT2D eigenvalue weighted by molar-refractivity contribution is 5.96. The van der Waals surface area contributed by atoms with Crippen LogP contribution in [0.2, 0.25) is 0 Å². The monoisotopic (exact) mass is 245 g/mol. The van der Waals surface area contributed by atoms with Gasteiger partial charge in [0.2, 0.25) is 0 Å². The molecule has 1 atom stereocenters. The van der Waals surface area contributed by atoms with Crippen molar-refractivity contribution in [1.29, 1.82) is 0 Å². The molecular formula is C11H13F2NO3. The van der Waals surface area contributed by atoms with Gasteiger partial charge in [-0.15, -0.1) is 0 Å². The summed E-state index contributed by atoms with van der Waals surface area (Å²) in [5.74, 6) is -0.939. The van der Waals surface area contributed by atoms with Crippen LogP contribution in [-0.2, 0) is 0 Å². The number of amides is 1. The normalized spacial score (nSPS) is 12.5. The van der Waals surface area contributed by atoms with Crippen molar-refractivity contribution in [3.05, 3.63) is 29.3 Å². The molecule has 0 aliphatic carbocycles. The van der Waals surface area contributed by atoms with Crippen LogP contribution >= 0.6 is 0 Å². The highest BCUT2D eigenvalue weighted by Gasteiger charge is 2.18. The predicted octanol–water partition coefficient (Wildman–Crippen LogP) is 1.06. The zero-order chi connectivity index (χ0) is 13.0. The summed E-state index contributed by atoms with van der Waals surface area (Å²) in [5.41, 5.74) is 0.744. The Kier molecular flexibility index (Phi) is 4.39. The molecule has 0 radical (unpaired) electrons. The minimum atomic E-state index is -2.92. The van der Waals surface area contributed by atoms with Gasteiger partial charge in [-0.3, -0.25) is 4.79 Å². The Bertz CT molecular complexity index is 410. The molecule has 1 amide bonds. The van der Waals surface area contributed by atoms with Crippen molar-refractivity contribution in [2.24, 2.45) is 0 Å². The Balaban J connectivity index is 2.67. The van der Waals surface area contributed by atoms with Crippen molar-refractivity contribution in [3.63, 3.8) is 0 Å². The van der Waals surface area contributed by atoms with Crippen molar-refractivity contribution in [2.45, 2.75) is 19.5 Å². The number of nitrogens with one attached hydrogen (secondary N) is 1. The van der Waals surface area contributed by atoms with E-state index in [9.17, 15) is 18.7 Å². The van der Waals surface area contributed by atoms with Crippen LogP contribution < -0.4 is 5.32 Å². The highest BCUT2D eigenvalue weighted by Crippen LogP contribution is 2.17. The number of rotatable bonds is 4. The van der Waals surface area contributed by atoms with E-state index in [0.29, 0.717) is 0 Å². The molecule has 1 rings (SSSR count). The molecule has 0 aliphatic heterocycles. The number of halogens is 2. The molecule has 0 spiro atoms. The van der Waals surface area contributed by atoms with E-state index in [-0.39, 0.29) is 11.3 Å². The molecule has 1 aromatic carbocycles. The number of carbonyl (C=O) groups excluding carboxylic acids is 1. The Labute approximate surface area is 96.9 Å². The first-order chi connectivity index (χ1) is 7.91. The van der Waals surface area contributed by atoms with Crippen molar-refractivity contribution < 1.29 is 23.8 Å². The van der Waals surface area contributed by atoms with E-state index in [1.165, 1.54) is 12.1 Å². The van der Waals surface area contributed by atoms with E-state index in [1.807, 2.05) is 0 Å². The van der Waals surface area contributed by atoms with Gasteiger partial charge in [-0.25, -0.2) is 8.78 Å². The maximum Gasteiger partial charge on any atom is 0.265 e. The number of aromatic hydroxyl groups is 1. The molecule has 4 nitrogen and oxygen atoms in total. The van der Waals surface area contributed by atoms with Gasteiger partial charge in [0.05, 0.1) is 5.56 Å². The highest BCUT2D eigenvalue weighted by atomic mass is 19.3. The number of phenols is 1. The molecule has 1 aromatic rings. The lowest BCUT2D eigenvalue weighted by atomic mass is 10.1. The van der Waals surface area contributed by atoms with Crippen LogP contribution in [0.5, 0.6) is 5.75 Å². The van der Waals surface area contributed by atoms with E-state index < -0.39 is 25.0 Å². The number of carbonyl (C=O) groups is 1. The number of phenolic OH excluding ortho intramolecular Hbond substituents is 1. The minimum Gasteiger partial charge on any atom is -0.507 e. The summed E-state index contributed by atoms with van der Waals surface area (Å²) in [6, 6.07) is 4.38. The number of benzene rings is 1. The molecule has 0 bridgehead atoms. The Morgan fingerprint density at radius 1 is 1.47 bits per heavy atom. The smallest absolute Gasteiger partial charge is 0.265 e. The third-order valence-electron chi connectivity index (χ3n) is 2.16. The summed E-state index contributed by atoms with van der Waals surface area (Å²) in [4.78, 5) is 11.5. The lowest BCUT2D eigenvalue weighted by Gasteiger charge is -2.11.